The minimum Gasteiger partial charge on any atom is -0.383 e. The van der Waals surface area contributed by atoms with Crippen LogP contribution in [0.5, 0.6) is 0 Å². The fourth-order valence-corrected chi connectivity index (χ4v) is 1.78. The number of amides is 2. The van der Waals surface area contributed by atoms with Gasteiger partial charge < -0.3 is 20.3 Å². The Hall–Kier alpha value is -1.14. The first kappa shape index (κ1) is 13.9. The first-order valence-electron chi connectivity index (χ1n) is 5.90. The van der Waals surface area contributed by atoms with Crippen molar-refractivity contribution in [1.29, 1.82) is 0 Å². The van der Waals surface area contributed by atoms with E-state index in [1.54, 1.807) is 12.0 Å². The van der Waals surface area contributed by atoms with E-state index in [9.17, 15) is 9.59 Å². The highest BCUT2D eigenvalue weighted by atomic mass is 16.5. The molecule has 0 aliphatic carbocycles. The molecule has 0 radical (unpaired) electrons. The number of nitrogens with one attached hydrogen (secondary N) is 2. The average Bonchev–Trinajstić information content (AvgIpc) is 2.44. The molecule has 0 aromatic rings. The molecular formula is C11H21N3O3. The third kappa shape index (κ3) is 5.14. The summed E-state index contributed by atoms with van der Waals surface area (Å²) in [5.41, 5.74) is 0. The van der Waals surface area contributed by atoms with Crippen LogP contribution in [0, 0.1) is 0 Å². The number of hydrogen-bond acceptors (Lipinski definition) is 4. The van der Waals surface area contributed by atoms with E-state index in [0.29, 0.717) is 19.7 Å². The van der Waals surface area contributed by atoms with Crippen LogP contribution in [0.15, 0.2) is 0 Å². The van der Waals surface area contributed by atoms with Crippen LogP contribution in [0.3, 0.4) is 0 Å². The quantitative estimate of drug-likeness (QED) is 0.647. The standard InChI is InChI=1S/C11H21N3O3/c1-9(8-17-2)13-10(15)7-14-5-3-4-12-6-11(14)16/h9,12H,3-8H2,1-2H3,(H,13,15). The van der Waals surface area contributed by atoms with E-state index in [2.05, 4.69) is 10.6 Å². The SMILES string of the molecule is COCC(C)NC(=O)CN1CCCNCC1=O. The lowest BCUT2D eigenvalue weighted by Gasteiger charge is -2.21. The molecule has 98 valence electrons. The van der Waals surface area contributed by atoms with Crippen LogP contribution in [0.1, 0.15) is 13.3 Å². The number of ether oxygens (including phenoxy) is 1. The van der Waals surface area contributed by atoms with Crippen molar-refractivity contribution >= 4 is 11.8 Å². The van der Waals surface area contributed by atoms with E-state index in [0.717, 1.165) is 13.0 Å². The van der Waals surface area contributed by atoms with Crippen LogP contribution in [-0.4, -0.2) is 62.7 Å². The Labute approximate surface area is 102 Å². The normalized spacial score (nSPS) is 18.7. The summed E-state index contributed by atoms with van der Waals surface area (Å²) >= 11 is 0. The van der Waals surface area contributed by atoms with Crippen molar-refractivity contribution in [1.82, 2.24) is 15.5 Å². The molecule has 1 aliphatic heterocycles. The predicted octanol–water partition coefficient (Wildman–Crippen LogP) is -1.04. The summed E-state index contributed by atoms with van der Waals surface area (Å²) < 4.78 is 4.93. The lowest BCUT2D eigenvalue weighted by Crippen LogP contribution is -2.45. The zero-order valence-corrected chi connectivity index (χ0v) is 10.5. The molecule has 1 saturated heterocycles. The molecule has 1 aliphatic rings. The summed E-state index contributed by atoms with van der Waals surface area (Å²) in [5, 5.41) is 5.81. The maximum absolute atomic E-state index is 11.7. The third-order valence-corrected chi connectivity index (χ3v) is 2.57. The number of hydrogen-bond donors (Lipinski definition) is 2. The Balaban J connectivity index is 2.35. The summed E-state index contributed by atoms with van der Waals surface area (Å²) in [6.07, 6.45) is 0.882. The topological polar surface area (TPSA) is 70.7 Å². The molecule has 1 atom stereocenters. The Bertz CT molecular complexity index is 271. The molecule has 0 aromatic carbocycles. The van der Waals surface area contributed by atoms with Gasteiger partial charge >= 0.3 is 0 Å². The van der Waals surface area contributed by atoms with Crippen molar-refractivity contribution in [2.45, 2.75) is 19.4 Å². The van der Waals surface area contributed by atoms with Gasteiger partial charge in [0.25, 0.3) is 0 Å². The molecule has 2 amide bonds. The van der Waals surface area contributed by atoms with E-state index < -0.39 is 0 Å². The van der Waals surface area contributed by atoms with Gasteiger partial charge in [0.1, 0.15) is 0 Å². The molecule has 0 saturated carbocycles. The van der Waals surface area contributed by atoms with Crippen LogP contribution < -0.4 is 10.6 Å². The fraction of sp³-hybridized carbons (Fsp3) is 0.818. The Kier molecular flexibility index (Phi) is 5.93. The summed E-state index contributed by atoms with van der Waals surface area (Å²) in [7, 11) is 1.59. The second-order valence-electron chi connectivity index (χ2n) is 4.27. The van der Waals surface area contributed by atoms with E-state index in [1.165, 1.54) is 0 Å². The first-order valence-corrected chi connectivity index (χ1v) is 5.90. The summed E-state index contributed by atoms with van der Waals surface area (Å²) in [4.78, 5) is 24.9. The van der Waals surface area contributed by atoms with Gasteiger partial charge in [-0.2, -0.15) is 0 Å². The minimum absolute atomic E-state index is 0.0166. The smallest absolute Gasteiger partial charge is 0.239 e. The van der Waals surface area contributed by atoms with Gasteiger partial charge in [0.05, 0.1) is 19.7 Å². The monoisotopic (exact) mass is 243 g/mol. The van der Waals surface area contributed by atoms with Crippen LogP contribution in [-0.2, 0) is 14.3 Å². The number of nitrogens with zero attached hydrogens (tertiary/aromatic N) is 1. The molecular weight excluding hydrogens is 222 g/mol. The van der Waals surface area contributed by atoms with Crippen molar-refractivity contribution in [2.75, 3.05) is 39.9 Å². The Morgan fingerprint density at radius 2 is 2.41 bits per heavy atom. The van der Waals surface area contributed by atoms with Crippen molar-refractivity contribution in [3.63, 3.8) is 0 Å². The maximum atomic E-state index is 11.7. The molecule has 0 spiro atoms. The number of carbonyl (C=O) groups is 2. The second kappa shape index (κ2) is 7.24. The highest BCUT2D eigenvalue weighted by molar-refractivity contribution is 5.85. The molecule has 0 aromatic heterocycles. The van der Waals surface area contributed by atoms with E-state index >= 15 is 0 Å². The van der Waals surface area contributed by atoms with Crippen molar-refractivity contribution in [2.24, 2.45) is 0 Å². The van der Waals surface area contributed by atoms with Gasteiger partial charge in [0.2, 0.25) is 11.8 Å². The highest BCUT2D eigenvalue weighted by Crippen LogP contribution is 1.97. The van der Waals surface area contributed by atoms with Gasteiger partial charge in [-0.25, -0.2) is 0 Å². The van der Waals surface area contributed by atoms with Gasteiger partial charge in [-0.3, -0.25) is 9.59 Å². The van der Waals surface area contributed by atoms with E-state index in [-0.39, 0.29) is 24.4 Å². The molecule has 1 fully saturated rings. The Morgan fingerprint density at radius 3 is 3.12 bits per heavy atom. The Morgan fingerprint density at radius 1 is 1.65 bits per heavy atom. The molecule has 0 bridgehead atoms. The number of methoxy groups -OCH3 is 1. The predicted molar refractivity (Wildman–Crippen MR) is 63.5 cm³/mol. The first-order chi connectivity index (χ1) is 8.13. The third-order valence-electron chi connectivity index (χ3n) is 2.57. The van der Waals surface area contributed by atoms with E-state index in [1.807, 2.05) is 6.92 Å². The van der Waals surface area contributed by atoms with Crippen LogP contribution >= 0.6 is 0 Å². The average molecular weight is 243 g/mol. The lowest BCUT2D eigenvalue weighted by molar-refractivity contribution is -0.135. The van der Waals surface area contributed by atoms with Crippen LogP contribution in [0.4, 0.5) is 0 Å². The van der Waals surface area contributed by atoms with Crippen molar-refractivity contribution in [3.05, 3.63) is 0 Å². The van der Waals surface area contributed by atoms with Gasteiger partial charge in [-0.1, -0.05) is 0 Å². The van der Waals surface area contributed by atoms with Gasteiger partial charge in [0, 0.05) is 19.7 Å². The molecule has 1 heterocycles. The minimum atomic E-state index is -0.134. The fourth-order valence-electron chi connectivity index (χ4n) is 1.78. The van der Waals surface area contributed by atoms with Gasteiger partial charge in [-0.15, -0.1) is 0 Å². The highest BCUT2D eigenvalue weighted by Gasteiger charge is 2.19. The zero-order chi connectivity index (χ0) is 12.7. The summed E-state index contributed by atoms with van der Waals surface area (Å²) in [6, 6.07) is -0.0345. The molecule has 1 unspecified atom stereocenters. The van der Waals surface area contributed by atoms with Crippen molar-refractivity contribution < 1.29 is 14.3 Å². The zero-order valence-electron chi connectivity index (χ0n) is 10.5. The van der Waals surface area contributed by atoms with Gasteiger partial charge in [-0.05, 0) is 19.9 Å². The number of rotatable bonds is 5. The van der Waals surface area contributed by atoms with Crippen LogP contribution in [0.25, 0.3) is 0 Å². The van der Waals surface area contributed by atoms with Crippen LogP contribution in [0.2, 0.25) is 0 Å². The largest absolute Gasteiger partial charge is 0.383 e. The molecule has 1 rings (SSSR count). The molecule has 6 heteroatoms. The maximum Gasteiger partial charge on any atom is 0.239 e. The summed E-state index contributed by atoms with van der Waals surface area (Å²) in [6.45, 7) is 4.26. The molecule has 6 nitrogen and oxygen atoms in total. The van der Waals surface area contributed by atoms with Crippen molar-refractivity contribution in [3.8, 4) is 0 Å². The summed E-state index contributed by atoms with van der Waals surface area (Å²) in [5.74, 6) is -0.151. The van der Waals surface area contributed by atoms with E-state index in [4.69, 9.17) is 4.74 Å². The lowest BCUT2D eigenvalue weighted by atomic mass is 10.3. The molecule has 2 N–H and O–H groups in total. The molecule has 17 heavy (non-hydrogen) atoms. The second-order valence-corrected chi connectivity index (χ2v) is 4.27. The number of carbonyl (C=O) groups excluding carboxylic acids is 2. The van der Waals surface area contributed by atoms with Gasteiger partial charge in [0.15, 0.2) is 0 Å².